The zero-order chi connectivity index (χ0) is 15.4. The van der Waals surface area contributed by atoms with Crippen molar-refractivity contribution in [2.45, 2.75) is 33.6 Å². The molecule has 0 aliphatic heterocycles. The van der Waals surface area contributed by atoms with Crippen molar-refractivity contribution in [1.29, 1.82) is 0 Å². The smallest absolute Gasteiger partial charge is 0.341 e. The van der Waals surface area contributed by atoms with Crippen molar-refractivity contribution in [3.05, 3.63) is 52.8 Å². The minimum atomic E-state index is -1.03. The number of hydrogen-bond acceptors (Lipinski definition) is 3. The van der Waals surface area contributed by atoms with Gasteiger partial charge in [-0.1, -0.05) is 25.5 Å². The van der Waals surface area contributed by atoms with Crippen LogP contribution in [-0.4, -0.2) is 16.1 Å². The van der Waals surface area contributed by atoms with Gasteiger partial charge in [-0.15, -0.1) is 0 Å². The highest BCUT2D eigenvalue weighted by Crippen LogP contribution is 2.28. The Morgan fingerprint density at radius 3 is 2.48 bits per heavy atom. The quantitative estimate of drug-likeness (QED) is 0.896. The van der Waals surface area contributed by atoms with Gasteiger partial charge in [0.05, 0.1) is 5.69 Å². The highest BCUT2D eigenvalue weighted by Gasteiger charge is 2.17. The summed E-state index contributed by atoms with van der Waals surface area (Å²) in [5.74, 6) is -0.0734. The summed E-state index contributed by atoms with van der Waals surface area (Å²) in [5.41, 5.74) is 2.54. The molecule has 0 atom stereocenters. The van der Waals surface area contributed by atoms with Gasteiger partial charge in [-0.25, -0.2) is 4.79 Å². The number of carboxylic acids is 1. The fourth-order valence-electron chi connectivity index (χ4n) is 2.27. The third-order valence-corrected chi connectivity index (χ3v) is 3.20. The van der Waals surface area contributed by atoms with E-state index in [4.69, 9.17) is 4.74 Å². The molecule has 0 spiro atoms. The normalized spacial score (nSPS) is 10.4. The predicted octanol–water partition coefficient (Wildman–Crippen LogP) is 4.14. The Balaban J connectivity index is 2.32. The second kappa shape index (κ2) is 6.39. The van der Waals surface area contributed by atoms with E-state index in [2.05, 4.69) is 11.9 Å². The van der Waals surface area contributed by atoms with Gasteiger partial charge in [0.1, 0.15) is 17.1 Å². The van der Waals surface area contributed by atoms with E-state index >= 15 is 0 Å². The molecule has 21 heavy (non-hydrogen) atoms. The average Bonchev–Trinajstić information content (AvgIpc) is 2.40. The summed E-state index contributed by atoms with van der Waals surface area (Å²) in [6.07, 6.45) is 2.11. The van der Waals surface area contributed by atoms with Crippen molar-refractivity contribution in [2.75, 3.05) is 0 Å². The molecule has 1 aromatic heterocycles. The van der Waals surface area contributed by atoms with E-state index in [1.54, 1.807) is 13.0 Å². The monoisotopic (exact) mass is 285 g/mol. The second-order valence-corrected chi connectivity index (χ2v) is 5.02. The standard InChI is InChI=1S/C17H19NO3/c1-4-5-13-6-8-14(9-7-13)21-15-10-11(2)18-12(3)16(15)17(19)20/h6-10H,4-5H2,1-3H3,(H,19,20). The molecule has 2 aromatic rings. The predicted molar refractivity (Wildman–Crippen MR) is 81.2 cm³/mol. The zero-order valence-corrected chi connectivity index (χ0v) is 12.5. The summed E-state index contributed by atoms with van der Waals surface area (Å²) in [7, 11) is 0. The van der Waals surface area contributed by atoms with Gasteiger partial charge in [-0.3, -0.25) is 4.98 Å². The van der Waals surface area contributed by atoms with Crippen LogP contribution in [0.2, 0.25) is 0 Å². The number of carbonyl (C=O) groups is 1. The Hall–Kier alpha value is -2.36. The topological polar surface area (TPSA) is 59.4 Å². The molecule has 1 N–H and O–H groups in total. The zero-order valence-electron chi connectivity index (χ0n) is 12.5. The molecule has 0 unspecified atom stereocenters. The number of nitrogens with zero attached hydrogens (tertiary/aromatic N) is 1. The van der Waals surface area contributed by atoms with Crippen LogP contribution in [0.5, 0.6) is 11.5 Å². The molecule has 0 aliphatic rings. The number of hydrogen-bond donors (Lipinski definition) is 1. The molecule has 0 saturated heterocycles. The molecular weight excluding hydrogens is 266 g/mol. The van der Waals surface area contributed by atoms with Gasteiger partial charge >= 0.3 is 5.97 Å². The fraction of sp³-hybridized carbons (Fsp3) is 0.294. The van der Waals surface area contributed by atoms with E-state index in [0.717, 1.165) is 18.5 Å². The van der Waals surface area contributed by atoms with E-state index < -0.39 is 5.97 Å². The maximum Gasteiger partial charge on any atom is 0.341 e. The second-order valence-electron chi connectivity index (χ2n) is 5.02. The first-order valence-corrected chi connectivity index (χ1v) is 6.99. The molecule has 0 amide bonds. The molecule has 0 saturated carbocycles. The molecule has 1 aromatic carbocycles. The number of aromatic carboxylic acids is 1. The molecule has 110 valence electrons. The Morgan fingerprint density at radius 2 is 1.90 bits per heavy atom. The van der Waals surface area contributed by atoms with E-state index in [9.17, 15) is 9.90 Å². The highest BCUT2D eigenvalue weighted by molar-refractivity contribution is 5.92. The van der Waals surface area contributed by atoms with Crippen molar-refractivity contribution < 1.29 is 14.6 Å². The summed E-state index contributed by atoms with van der Waals surface area (Å²) in [4.78, 5) is 15.5. The Bertz CT molecular complexity index is 648. The van der Waals surface area contributed by atoms with Crippen molar-refractivity contribution in [2.24, 2.45) is 0 Å². The summed E-state index contributed by atoms with van der Waals surface area (Å²) in [5, 5.41) is 9.31. The Kier molecular flexibility index (Phi) is 4.58. The fourth-order valence-corrected chi connectivity index (χ4v) is 2.27. The molecule has 1 heterocycles. The van der Waals surface area contributed by atoms with Gasteiger partial charge in [-0.2, -0.15) is 0 Å². The Morgan fingerprint density at radius 1 is 1.24 bits per heavy atom. The van der Waals surface area contributed by atoms with Crippen LogP contribution < -0.4 is 4.74 Å². The van der Waals surface area contributed by atoms with Crippen LogP contribution in [0.25, 0.3) is 0 Å². The summed E-state index contributed by atoms with van der Waals surface area (Å²) < 4.78 is 5.74. The van der Waals surface area contributed by atoms with Crippen LogP contribution in [0.4, 0.5) is 0 Å². The molecule has 0 aliphatic carbocycles. The summed E-state index contributed by atoms with van der Waals surface area (Å²) >= 11 is 0. The van der Waals surface area contributed by atoms with Gasteiger partial charge in [0.25, 0.3) is 0 Å². The van der Waals surface area contributed by atoms with Gasteiger partial charge in [0, 0.05) is 11.8 Å². The van der Waals surface area contributed by atoms with E-state index in [1.807, 2.05) is 31.2 Å². The maximum atomic E-state index is 11.4. The molecule has 0 radical (unpaired) electrons. The third-order valence-electron chi connectivity index (χ3n) is 3.20. The van der Waals surface area contributed by atoms with Crippen molar-refractivity contribution in [3.63, 3.8) is 0 Å². The first-order chi connectivity index (χ1) is 10.0. The molecule has 4 heteroatoms. The number of aromatic nitrogens is 1. The number of carboxylic acid groups (broad SMARTS) is 1. The van der Waals surface area contributed by atoms with Crippen LogP contribution in [0.15, 0.2) is 30.3 Å². The lowest BCUT2D eigenvalue weighted by atomic mass is 10.1. The van der Waals surface area contributed by atoms with Gasteiger partial charge in [0.15, 0.2) is 0 Å². The summed E-state index contributed by atoms with van der Waals surface area (Å²) in [6, 6.07) is 9.38. The average molecular weight is 285 g/mol. The first kappa shape index (κ1) is 15.0. The number of ether oxygens (including phenoxy) is 1. The Labute approximate surface area is 124 Å². The summed E-state index contributed by atoms with van der Waals surface area (Å²) in [6.45, 7) is 5.62. The molecule has 2 rings (SSSR count). The van der Waals surface area contributed by atoms with Gasteiger partial charge in [-0.05, 0) is 38.0 Å². The third kappa shape index (κ3) is 3.60. The minimum Gasteiger partial charge on any atom is -0.477 e. The SMILES string of the molecule is CCCc1ccc(Oc2cc(C)nc(C)c2C(=O)O)cc1. The minimum absolute atomic E-state index is 0.109. The van der Waals surface area contributed by atoms with E-state index in [1.165, 1.54) is 5.56 Å². The van der Waals surface area contributed by atoms with Crippen molar-refractivity contribution in [3.8, 4) is 11.5 Å². The largest absolute Gasteiger partial charge is 0.477 e. The molecule has 0 fully saturated rings. The first-order valence-electron chi connectivity index (χ1n) is 6.99. The van der Waals surface area contributed by atoms with Gasteiger partial charge in [0.2, 0.25) is 0 Å². The van der Waals surface area contributed by atoms with Crippen LogP contribution in [0.3, 0.4) is 0 Å². The van der Waals surface area contributed by atoms with E-state index in [-0.39, 0.29) is 5.56 Å². The lowest BCUT2D eigenvalue weighted by Crippen LogP contribution is -2.06. The molecular formula is C17H19NO3. The van der Waals surface area contributed by atoms with E-state index in [0.29, 0.717) is 17.2 Å². The molecule has 0 bridgehead atoms. The maximum absolute atomic E-state index is 11.4. The number of pyridine rings is 1. The number of aryl methyl sites for hydroxylation is 3. The molecule has 4 nitrogen and oxygen atoms in total. The van der Waals surface area contributed by atoms with Gasteiger partial charge < -0.3 is 9.84 Å². The van der Waals surface area contributed by atoms with Crippen LogP contribution in [0, 0.1) is 13.8 Å². The van der Waals surface area contributed by atoms with Crippen molar-refractivity contribution in [1.82, 2.24) is 4.98 Å². The van der Waals surface area contributed by atoms with Crippen molar-refractivity contribution >= 4 is 5.97 Å². The van der Waals surface area contributed by atoms with Crippen LogP contribution in [-0.2, 0) is 6.42 Å². The van der Waals surface area contributed by atoms with Crippen LogP contribution in [0.1, 0.15) is 40.7 Å². The lowest BCUT2D eigenvalue weighted by molar-refractivity contribution is 0.0693. The van der Waals surface area contributed by atoms with Crippen LogP contribution >= 0.6 is 0 Å². The lowest BCUT2D eigenvalue weighted by Gasteiger charge is -2.12. The number of rotatable bonds is 5. The number of benzene rings is 1. The highest BCUT2D eigenvalue weighted by atomic mass is 16.5.